The molecule has 144 heavy (non-hydrogen) atoms. The molecule has 16 fully saturated rings. The van der Waals surface area contributed by atoms with Gasteiger partial charge in [-0.15, -0.1) is 0 Å². The molecule has 24 nitrogen and oxygen atoms in total. The van der Waals surface area contributed by atoms with E-state index < -0.39 is 0 Å². The molecule has 784 valence electrons. The normalized spacial score (nSPS) is 25.0. The van der Waals surface area contributed by atoms with Crippen molar-refractivity contribution in [3.63, 3.8) is 0 Å². The fourth-order valence-electron chi connectivity index (χ4n) is 15.6. The molecule has 16 heterocycles. The fourth-order valence-corrected chi connectivity index (χ4v) is 21.2. The smallest absolute Gasteiger partial charge is 0.141 e. The molecule has 16 saturated heterocycles. The number of hydrogen-bond acceptors (Lipinski definition) is 24. The van der Waals surface area contributed by atoms with E-state index in [0.29, 0.717) is 155 Å². The Labute approximate surface area is 923 Å². The molecule has 36 heteroatoms. The molecule has 24 rings (SSSR count). The predicted molar refractivity (Wildman–Crippen MR) is 573 cm³/mol. The highest BCUT2D eigenvalue weighted by Crippen LogP contribution is 2.44. The summed E-state index contributed by atoms with van der Waals surface area (Å²) in [6.07, 6.45) is 25.5. The molecule has 8 aromatic carbocycles. The number of rotatable bonds is 52. The van der Waals surface area contributed by atoms with Crippen LogP contribution in [-0.4, -0.2) is 256 Å². The molecule has 16 aliphatic rings. The van der Waals surface area contributed by atoms with E-state index in [-0.39, 0.29) is 12.2 Å². The Morgan fingerprint density at radius 1 is 0.194 bits per heavy atom. The van der Waals surface area contributed by atoms with Gasteiger partial charge in [-0.05, 0) is 232 Å². The van der Waals surface area contributed by atoms with Gasteiger partial charge in [0.15, 0.2) is 0 Å². The van der Waals surface area contributed by atoms with Crippen molar-refractivity contribution in [3.05, 3.63) is 223 Å². The lowest BCUT2D eigenvalue weighted by molar-refractivity contribution is 0.278. The lowest BCUT2D eigenvalue weighted by atomic mass is 10.1. The third kappa shape index (κ3) is 42.2. The summed E-state index contributed by atoms with van der Waals surface area (Å²) in [5.41, 5.74) is 9.17. The summed E-state index contributed by atoms with van der Waals surface area (Å²) in [7, 11) is 0. The van der Waals surface area contributed by atoms with Crippen molar-refractivity contribution in [3.8, 4) is 46.0 Å². The Hall–Kier alpha value is -3.86. The van der Waals surface area contributed by atoms with Crippen molar-refractivity contribution in [2.24, 2.45) is 0 Å². The molecule has 16 aliphatic heterocycles. The van der Waals surface area contributed by atoms with Crippen LogP contribution in [0.3, 0.4) is 0 Å². The van der Waals surface area contributed by atoms with Crippen molar-refractivity contribution >= 4 is 165 Å². The first-order valence-electron chi connectivity index (χ1n) is 50.1. The van der Waals surface area contributed by atoms with Crippen LogP contribution < -0.4 is 37.9 Å². The zero-order valence-corrected chi connectivity index (χ0v) is 94.3. The molecule has 0 amide bonds. The molecule has 0 saturated carbocycles. The van der Waals surface area contributed by atoms with Gasteiger partial charge < -0.3 is 114 Å². The topological polar surface area (TPSA) is 274 Å². The van der Waals surface area contributed by atoms with Crippen molar-refractivity contribution in [1.29, 1.82) is 0 Å². The maximum Gasteiger partial charge on any atom is 0.141 e. The standard InChI is InChI=1S/C14H16Br2O3.C14H17BrO3.C14H16Cl2O3.C14H17ClO3.C13H14Br2O3.C13H15BrO3.C13H14Cl2O3.C13H15ClO3/c15-10-4-9(5-12-8-19-12)14(13(16)6-10)17-3-1-2-11-7-18-11;15-13-5-1-3-10(7-12-9-18-12)14(13)16-6-2-4-11-8-17-11;15-10-4-9(5-12-8-19-12)14(13(16)6-10)17-3-1-2-11-7-18-11;15-13-5-1-3-10(7-12-9-18-12)14(13)16-6-2-4-11-8-17-11;14-9-3-8(4-11-7-18-11)13(12(15)5-9)16-2-1-10-6-17-10;14-12-3-1-2-9(6-11-8-17-11)13(12)15-5-4-10-7-16-10;14-9-3-8(4-11-7-18-11)13(12(15)5-9)16-2-1-10-6-17-10;14-12-3-1-2-9(6-11-8-17-11)13(12)15-5-4-10-7-16-10/h4,6,11-12H,1-3,5,7-8H2;1,3,5,11-12H,2,4,6-9H2;4,6,11-12H,1-3,5,7-8H2;1,3,5,11-12H,2,4,6-9H2;3,5,10-11H,1-2,4,6-7H2;1-3,10-11H,4-8H2;3,5,10-11H,1-2,4,6-7H2;1-3,10-11H,4-8H2. The van der Waals surface area contributed by atoms with Gasteiger partial charge >= 0.3 is 0 Å². The lowest BCUT2D eigenvalue weighted by Gasteiger charge is -2.13. The highest BCUT2D eigenvalue weighted by Gasteiger charge is 2.36. The first kappa shape index (κ1) is 111. The second-order valence-corrected chi connectivity index (χ2v) is 45.6. The molecule has 16 unspecified atom stereocenters. The van der Waals surface area contributed by atoms with Crippen molar-refractivity contribution in [2.75, 3.05) is 159 Å². The number of ether oxygens (including phenoxy) is 24. The number of benzene rings is 8. The van der Waals surface area contributed by atoms with Crippen LogP contribution in [0.5, 0.6) is 46.0 Å². The maximum atomic E-state index is 6.22. The molecular formula is C108H124Br6Cl6O24. The van der Waals surface area contributed by atoms with Crippen LogP contribution in [0.15, 0.2) is 148 Å². The Balaban J connectivity index is 0.000000113. The van der Waals surface area contributed by atoms with Crippen molar-refractivity contribution in [2.45, 2.75) is 226 Å². The van der Waals surface area contributed by atoms with Crippen LogP contribution in [0, 0.1) is 0 Å². The highest BCUT2D eigenvalue weighted by atomic mass is 79.9. The summed E-state index contributed by atoms with van der Waals surface area (Å²) >= 11 is 58.1. The number of epoxide rings is 16. The molecule has 0 radical (unpaired) electrons. The quantitative estimate of drug-likeness (QED) is 0.0253. The third-order valence-electron chi connectivity index (χ3n) is 25.0. The van der Waals surface area contributed by atoms with Crippen LogP contribution in [0.4, 0.5) is 0 Å². The molecule has 8 aromatic rings. The van der Waals surface area contributed by atoms with Gasteiger partial charge in [0.1, 0.15) is 46.0 Å². The van der Waals surface area contributed by atoms with E-state index in [1.807, 2.05) is 72.8 Å². The largest absolute Gasteiger partial charge is 0.492 e. The molecule has 0 spiro atoms. The minimum Gasteiger partial charge on any atom is -0.492 e. The van der Waals surface area contributed by atoms with E-state index in [9.17, 15) is 0 Å². The van der Waals surface area contributed by atoms with Crippen molar-refractivity contribution in [1.82, 2.24) is 0 Å². The van der Waals surface area contributed by atoms with Gasteiger partial charge in [-0.2, -0.15) is 0 Å². The van der Waals surface area contributed by atoms with Gasteiger partial charge in [-0.3, -0.25) is 0 Å². The molecule has 0 aromatic heterocycles. The zero-order valence-electron chi connectivity index (χ0n) is 80.2. The van der Waals surface area contributed by atoms with Crippen LogP contribution >= 0.6 is 165 Å². The minimum absolute atomic E-state index is 0.286. The van der Waals surface area contributed by atoms with E-state index in [4.69, 9.17) is 183 Å². The lowest BCUT2D eigenvalue weighted by Crippen LogP contribution is -2.05. The Kier molecular flexibility index (Phi) is 43.9. The van der Waals surface area contributed by atoms with Crippen LogP contribution in [0.1, 0.15) is 122 Å². The first-order chi connectivity index (χ1) is 70.2. The van der Waals surface area contributed by atoms with Gasteiger partial charge in [0.25, 0.3) is 0 Å². The molecule has 0 N–H and O–H groups in total. The zero-order chi connectivity index (χ0) is 99.6. The van der Waals surface area contributed by atoms with Crippen LogP contribution in [0.25, 0.3) is 0 Å². The van der Waals surface area contributed by atoms with Crippen molar-refractivity contribution < 1.29 is 114 Å². The summed E-state index contributed by atoms with van der Waals surface area (Å²) in [6, 6.07) is 39.6. The second kappa shape index (κ2) is 56.8. The SMILES string of the molecule is Brc1cc(Br)c(OCCC2CO2)c(CC2CO2)c1.Brc1cc(Br)c(OCCCC2CO2)c(CC2CO2)c1.Brc1cccc(CC2CO2)c1OCCC1CO1.Brc1cccc(CC2CO2)c1OCCCC1CO1.Clc1cc(Cl)c(OCCC2CO2)c(CC2CO2)c1.Clc1cc(Cl)c(OCCCC2CO2)c(CC2CO2)c1.Clc1cccc(CC2CO2)c1OCCC1CO1.Clc1cccc(CC2CO2)c1OCCCC1CO1. The van der Waals surface area contributed by atoms with E-state index in [0.717, 1.165) is 342 Å². The summed E-state index contributed by atoms with van der Waals surface area (Å²) < 4.78 is 137. The first-order valence-corrected chi connectivity index (χ1v) is 57.1. The minimum atomic E-state index is 0.286. The average Bonchev–Trinajstić information content (AvgIpc) is 1.74. The van der Waals surface area contributed by atoms with E-state index in [1.54, 1.807) is 12.1 Å². The van der Waals surface area contributed by atoms with E-state index >= 15 is 0 Å². The van der Waals surface area contributed by atoms with Gasteiger partial charge in [0.2, 0.25) is 0 Å². The summed E-state index contributed by atoms with van der Waals surface area (Å²) in [5.74, 6) is 6.95. The van der Waals surface area contributed by atoms with Crippen LogP contribution in [0.2, 0.25) is 30.1 Å². The molecule has 16 atom stereocenters. The van der Waals surface area contributed by atoms with Gasteiger partial charge in [0, 0.05) is 96.0 Å². The van der Waals surface area contributed by atoms with E-state index in [2.05, 4.69) is 132 Å². The maximum absolute atomic E-state index is 6.22. The summed E-state index contributed by atoms with van der Waals surface area (Å²) in [6.45, 7) is 19.5. The Bertz CT molecular complexity index is 5070. The summed E-state index contributed by atoms with van der Waals surface area (Å²) in [5, 5.41) is 3.78. The monoisotopic (exact) mass is 2490 g/mol. The number of halogens is 12. The highest BCUT2D eigenvalue weighted by molar-refractivity contribution is 9.11. The van der Waals surface area contributed by atoms with E-state index in [1.165, 1.54) is 22.3 Å². The molecule has 0 bridgehead atoms. The van der Waals surface area contributed by atoms with Gasteiger partial charge in [0.05, 0.1) is 294 Å². The molecular weight excluding hydrogens is 2370 g/mol. The number of hydrogen-bond donors (Lipinski definition) is 0. The van der Waals surface area contributed by atoms with Gasteiger partial charge in [-0.25, -0.2) is 0 Å². The summed E-state index contributed by atoms with van der Waals surface area (Å²) in [4.78, 5) is 0. The second-order valence-electron chi connectivity index (χ2n) is 37.8. The average molecular weight is 2500 g/mol. The fraction of sp³-hybridized carbons (Fsp3) is 0.556. The molecule has 0 aliphatic carbocycles. The van der Waals surface area contributed by atoms with Gasteiger partial charge in [-0.1, -0.05) is 150 Å². The predicted octanol–water partition coefficient (Wildman–Crippen LogP) is 24.4. The Morgan fingerprint density at radius 3 is 0.646 bits per heavy atom. The Morgan fingerprint density at radius 2 is 0.389 bits per heavy atom. The van der Waals surface area contributed by atoms with Crippen LogP contribution in [-0.2, 0) is 127 Å². The third-order valence-corrected chi connectivity index (χ3v) is 29.9. The number of para-hydroxylation sites is 4.